The molecule has 1 atom stereocenters. The fourth-order valence-corrected chi connectivity index (χ4v) is 5.31. The molecule has 3 aliphatic rings. The Morgan fingerprint density at radius 1 is 1.23 bits per heavy atom. The summed E-state index contributed by atoms with van der Waals surface area (Å²) in [6.45, 7) is 0.932. The molecule has 1 spiro atoms. The number of likely N-dealkylation sites (tertiary alicyclic amines) is 1. The number of carbonyl (C=O) groups is 3. The van der Waals surface area contributed by atoms with E-state index in [0.29, 0.717) is 12.8 Å². The Morgan fingerprint density at radius 3 is 2.77 bits per heavy atom. The summed E-state index contributed by atoms with van der Waals surface area (Å²) in [6.07, 6.45) is 6.66. The summed E-state index contributed by atoms with van der Waals surface area (Å²) < 4.78 is 0. The lowest BCUT2D eigenvalue weighted by Gasteiger charge is -2.30. The van der Waals surface area contributed by atoms with Crippen LogP contribution in [0.4, 0.5) is 4.79 Å². The minimum absolute atomic E-state index is 0.0314. The minimum atomic E-state index is -0.703. The summed E-state index contributed by atoms with van der Waals surface area (Å²) in [5.74, 6) is -0.102. The highest BCUT2D eigenvalue weighted by molar-refractivity contribution is 7.08. The SMILES string of the molecule is O=C1NC2(CCCCC2)C(=O)N1CCC(=O)N1CCCC1c1ccsc1. The van der Waals surface area contributed by atoms with Crippen LogP contribution in [0.25, 0.3) is 0 Å². The van der Waals surface area contributed by atoms with Crippen molar-refractivity contribution < 1.29 is 14.4 Å². The Hall–Kier alpha value is -1.89. The van der Waals surface area contributed by atoms with Gasteiger partial charge in [0.05, 0.1) is 6.04 Å². The Bertz CT molecular complexity index is 697. The highest BCUT2D eigenvalue weighted by Gasteiger charge is 2.51. The van der Waals surface area contributed by atoms with Crippen molar-refractivity contribution in [3.63, 3.8) is 0 Å². The van der Waals surface area contributed by atoms with E-state index in [-0.39, 0.29) is 36.9 Å². The second-order valence-electron chi connectivity index (χ2n) is 7.58. The molecule has 1 aromatic rings. The Balaban J connectivity index is 1.38. The van der Waals surface area contributed by atoms with Gasteiger partial charge in [-0.15, -0.1) is 0 Å². The molecule has 0 bridgehead atoms. The zero-order valence-electron chi connectivity index (χ0n) is 14.9. The summed E-state index contributed by atoms with van der Waals surface area (Å²) in [5.41, 5.74) is 0.489. The molecule has 4 rings (SSSR count). The predicted octanol–water partition coefficient (Wildman–Crippen LogP) is 3.06. The third kappa shape index (κ3) is 3.02. The van der Waals surface area contributed by atoms with E-state index in [2.05, 4.69) is 16.8 Å². The smallest absolute Gasteiger partial charge is 0.325 e. The van der Waals surface area contributed by atoms with E-state index in [0.717, 1.165) is 38.6 Å². The average molecular weight is 375 g/mol. The Kier molecular flexibility index (Phi) is 4.73. The molecule has 0 aromatic carbocycles. The van der Waals surface area contributed by atoms with Crippen LogP contribution in [0.1, 0.15) is 63.0 Å². The third-order valence-corrected chi connectivity index (χ3v) is 6.70. The fourth-order valence-electron chi connectivity index (χ4n) is 4.60. The number of imide groups is 1. The molecule has 4 amide bonds. The molecule has 1 saturated carbocycles. The van der Waals surface area contributed by atoms with Crippen LogP contribution in [0.5, 0.6) is 0 Å². The second kappa shape index (κ2) is 7.02. The maximum absolute atomic E-state index is 12.8. The molecule has 1 unspecified atom stereocenters. The number of carbonyl (C=O) groups excluding carboxylic acids is 3. The molecule has 140 valence electrons. The van der Waals surface area contributed by atoms with E-state index in [9.17, 15) is 14.4 Å². The summed E-state index contributed by atoms with van der Waals surface area (Å²) >= 11 is 1.64. The van der Waals surface area contributed by atoms with Gasteiger partial charge in [-0.1, -0.05) is 19.3 Å². The topological polar surface area (TPSA) is 69.7 Å². The molecule has 1 aromatic heterocycles. The van der Waals surface area contributed by atoms with Crippen LogP contribution in [-0.2, 0) is 9.59 Å². The molecular formula is C19H25N3O3S. The molecular weight excluding hydrogens is 350 g/mol. The van der Waals surface area contributed by atoms with E-state index >= 15 is 0 Å². The van der Waals surface area contributed by atoms with Crippen molar-refractivity contribution in [2.24, 2.45) is 0 Å². The second-order valence-corrected chi connectivity index (χ2v) is 8.36. The molecule has 3 heterocycles. The van der Waals surface area contributed by atoms with Gasteiger partial charge >= 0.3 is 6.03 Å². The highest BCUT2D eigenvalue weighted by Crippen LogP contribution is 2.35. The largest absolute Gasteiger partial charge is 0.336 e. The monoisotopic (exact) mass is 375 g/mol. The normalized spacial score (nSPS) is 25.2. The standard InChI is InChI=1S/C19H25N3O3S/c23-16(21-10-4-5-15(21)14-7-12-26-13-14)6-11-22-17(24)19(20-18(22)25)8-2-1-3-9-19/h7,12-13,15H,1-6,8-11H2,(H,20,25). The lowest BCUT2D eigenvalue weighted by Crippen LogP contribution is -2.48. The first kappa shape index (κ1) is 17.5. The van der Waals surface area contributed by atoms with Crippen LogP contribution in [-0.4, -0.2) is 46.3 Å². The first-order valence-corrected chi connectivity index (χ1v) is 10.5. The van der Waals surface area contributed by atoms with Crippen molar-refractivity contribution in [1.82, 2.24) is 15.1 Å². The predicted molar refractivity (Wildman–Crippen MR) is 98.7 cm³/mol. The van der Waals surface area contributed by atoms with Gasteiger partial charge in [-0.3, -0.25) is 14.5 Å². The van der Waals surface area contributed by atoms with Gasteiger partial charge in [0.15, 0.2) is 0 Å². The van der Waals surface area contributed by atoms with Crippen LogP contribution < -0.4 is 5.32 Å². The van der Waals surface area contributed by atoms with Crippen LogP contribution in [0.2, 0.25) is 0 Å². The van der Waals surface area contributed by atoms with Crippen molar-refractivity contribution in [3.05, 3.63) is 22.4 Å². The van der Waals surface area contributed by atoms with Crippen molar-refractivity contribution in [2.75, 3.05) is 13.1 Å². The van der Waals surface area contributed by atoms with Crippen molar-refractivity contribution in [3.8, 4) is 0 Å². The quantitative estimate of drug-likeness (QED) is 0.823. The van der Waals surface area contributed by atoms with E-state index in [1.165, 1.54) is 10.5 Å². The molecule has 26 heavy (non-hydrogen) atoms. The number of urea groups is 1. The van der Waals surface area contributed by atoms with Gasteiger partial charge in [0.1, 0.15) is 5.54 Å². The van der Waals surface area contributed by atoms with Crippen molar-refractivity contribution >= 4 is 29.2 Å². The van der Waals surface area contributed by atoms with Gasteiger partial charge in [0.25, 0.3) is 5.91 Å². The van der Waals surface area contributed by atoms with Gasteiger partial charge in [-0.05, 0) is 48.1 Å². The van der Waals surface area contributed by atoms with Crippen molar-refractivity contribution in [1.29, 1.82) is 0 Å². The molecule has 6 nitrogen and oxygen atoms in total. The molecule has 2 aliphatic heterocycles. The number of nitrogens with zero attached hydrogens (tertiary/aromatic N) is 2. The molecule has 0 radical (unpaired) electrons. The Labute approximate surface area is 157 Å². The maximum Gasteiger partial charge on any atom is 0.325 e. The highest BCUT2D eigenvalue weighted by atomic mass is 32.1. The van der Waals surface area contributed by atoms with E-state index in [1.807, 2.05) is 10.3 Å². The van der Waals surface area contributed by atoms with Crippen LogP contribution in [0, 0.1) is 0 Å². The molecule has 7 heteroatoms. The van der Waals surface area contributed by atoms with Crippen LogP contribution >= 0.6 is 11.3 Å². The average Bonchev–Trinajstić information content (AvgIpc) is 3.36. The fraction of sp³-hybridized carbons (Fsp3) is 0.632. The number of hydrogen-bond acceptors (Lipinski definition) is 4. The van der Waals surface area contributed by atoms with Gasteiger partial charge in [-0.25, -0.2) is 4.79 Å². The summed E-state index contributed by atoms with van der Waals surface area (Å²) in [4.78, 5) is 41.0. The first-order valence-electron chi connectivity index (χ1n) is 9.56. The van der Waals surface area contributed by atoms with E-state index in [4.69, 9.17) is 0 Å². The number of hydrogen-bond donors (Lipinski definition) is 1. The molecule has 2 saturated heterocycles. The van der Waals surface area contributed by atoms with Crippen molar-refractivity contribution in [2.45, 2.75) is 62.9 Å². The zero-order valence-corrected chi connectivity index (χ0v) is 15.7. The van der Waals surface area contributed by atoms with Gasteiger partial charge < -0.3 is 10.2 Å². The lowest BCUT2D eigenvalue weighted by atomic mass is 9.82. The van der Waals surface area contributed by atoms with Gasteiger partial charge in [0, 0.05) is 19.5 Å². The molecule has 1 N–H and O–H groups in total. The van der Waals surface area contributed by atoms with E-state index < -0.39 is 5.54 Å². The number of amides is 4. The summed E-state index contributed by atoms with van der Waals surface area (Å²) in [6, 6.07) is 1.88. The van der Waals surface area contributed by atoms with Crippen LogP contribution in [0.15, 0.2) is 16.8 Å². The first-order chi connectivity index (χ1) is 12.6. The molecule has 3 fully saturated rings. The maximum atomic E-state index is 12.8. The Morgan fingerprint density at radius 2 is 2.04 bits per heavy atom. The summed E-state index contributed by atoms with van der Waals surface area (Å²) in [7, 11) is 0. The third-order valence-electron chi connectivity index (χ3n) is 6.00. The van der Waals surface area contributed by atoms with Gasteiger partial charge in [0.2, 0.25) is 5.91 Å². The minimum Gasteiger partial charge on any atom is -0.336 e. The van der Waals surface area contributed by atoms with E-state index in [1.54, 1.807) is 11.3 Å². The number of rotatable bonds is 4. The lowest BCUT2D eigenvalue weighted by molar-refractivity contribution is -0.134. The number of thiophene rings is 1. The zero-order chi connectivity index (χ0) is 18.1. The van der Waals surface area contributed by atoms with Gasteiger partial charge in [-0.2, -0.15) is 11.3 Å². The number of nitrogens with one attached hydrogen (secondary N) is 1. The van der Waals surface area contributed by atoms with Crippen LogP contribution in [0.3, 0.4) is 0 Å². The molecule has 1 aliphatic carbocycles. The summed E-state index contributed by atoms with van der Waals surface area (Å²) in [5, 5.41) is 7.04.